The van der Waals surface area contributed by atoms with E-state index in [0.717, 1.165) is 15.9 Å². The lowest BCUT2D eigenvalue weighted by molar-refractivity contribution is 1.13. The Kier molecular flexibility index (Phi) is 4.97. The van der Waals surface area contributed by atoms with E-state index in [4.69, 9.17) is 0 Å². The van der Waals surface area contributed by atoms with Crippen molar-refractivity contribution < 1.29 is 0 Å². The van der Waals surface area contributed by atoms with Crippen LogP contribution in [0.2, 0.25) is 6.04 Å². The monoisotopic (exact) mass is 250 g/mol. The van der Waals surface area contributed by atoms with Crippen LogP contribution in [0.1, 0.15) is 11.1 Å². The van der Waals surface area contributed by atoms with Crippen molar-refractivity contribution in [1.29, 1.82) is 0 Å². The Morgan fingerprint density at radius 3 is 2.28 bits per heavy atom. The van der Waals surface area contributed by atoms with Gasteiger partial charge in [0.2, 0.25) is 0 Å². The molecule has 0 aliphatic carbocycles. The van der Waals surface area contributed by atoms with Gasteiger partial charge in [0.1, 0.15) is 0 Å². The molecule has 0 unspecified atom stereocenters. The fourth-order valence-electron chi connectivity index (χ4n) is 1.92. The van der Waals surface area contributed by atoms with Crippen LogP contribution in [0.15, 0.2) is 67.3 Å². The minimum atomic E-state index is 0.903. The third-order valence-electron chi connectivity index (χ3n) is 2.92. The first-order valence-corrected chi connectivity index (χ1v) is 7.57. The van der Waals surface area contributed by atoms with Crippen molar-refractivity contribution in [3.63, 3.8) is 0 Å². The van der Waals surface area contributed by atoms with Crippen molar-refractivity contribution in [2.45, 2.75) is 18.9 Å². The van der Waals surface area contributed by atoms with Gasteiger partial charge < -0.3 is 0 Å². The fourth-order valence-corrected chi connectivity index (χ4v) is 3.03. The van der Waals surface area contributed by atoms with Crippen LogP contribution in [-0.2, 0) is 12.8 Å². The largest absolute Gasteiger partial charge is 0.103 e. The Labute approximate surface area is 112 Å². The minimum absolute atomic E-state index is 0.903. The molecule has 18 heavy (non-hydrogen) atoms. The van der Waals surface area contributed by atoms with Crippen LogP contribution in [0.25, 0.3) is 0 Å². The smallest absolute Gasteiger partial charge is 0.0811 e. The summed E-state index contributed by atoms with van der Waals surface area (Å²) in [7, 11) is 0.903. The molecule has 0 nitrogen and oxygen atoms in total. The van der Waals surface area contributed by atoms with Gasteiger partial charge in [-0.25, -0.2) is 0 Å². The summed E-state index contributed by atoms with van der Waals surface area (Å²) < 4.78 is 0. The van der Waals surface area contributed by atoms with Gasteiger partial charge in [0, 0.05) is 0 Å². The minimum Gasteiger partial charge on any atom is -0.103 e. The number of rotatable bonds is 6. The molecule has 2 aromatic carbocycles. The standard InChI is InChI=1S/C17H18Si/c1-2-6-15-9-11-17(12-10-15)18-14-13-16-7-4-3-5-8-16/h2-5,7-12H,1,6,13-14H2. The molecule has 0 aliphatic rings. The molecule has 1 heteroatoms. The first-order valence-electron chi connectivity index (χ1n) is 6.36. The Hall–Kier alpha value is -1.60. The Morgan fingerprint density at radius 2 is 1.61 bits per heavy atom. The molecule has 2 radical (unpaired) electrons. The number of aryl methyl sites for hydroxylation is 1. The van der Waals surface area contributed by atoms with E-state index in [9.17, 15) is 0 Å². The Balaban J connectivity index is 1.81. The summed E-state index contributed by atoms with van der Waals surface area (Å²) in [5.74, 6) is 0. The first-order chi connectivity index (χ1) is 8.88. The highest BCUT2D eigenvalue weighted by Crippen LogP contribution is 2.03. The van der Waals surface area contributed by atoms with Crippen molar-refractivity contribution >= 4 is 14.7 Å². The molecule has 0 spiro atoms. The maximum atomic E-state index is 3.76. The van der Waals surface area contributed by atoms with E-state index in [2.05, 4.69) is 61.2 Å². The van der Waals surface area contributed by atoms with Crippen molar-refractivity contribution in [2.75, 3.05) is 0 Å². The molecule has 0 N–H and O–H groups in total. The lowest BCUT2D eigenvalue weighted by Crippen LogP contribution is -2.13. The number of allylic oxidation sites excluding steroid dienone is 1. The van der Waals surface area contributed by atoms with Crippen LogP contribution in [0.5, 0.6) is 0 Å². The average molecular weight is 250 g/mol. The van der Waals surface area contributed by atoms with Crippen molar-refractivity contribution in [3.8, 4) is 0 Å². The van der Waals surface area contributed by atoms with Gasteiger partial charge in [0.15, 0.2) is 0 Å². The molecule has 0 amide bonds. The number of benzene rings is 2. The van der Waals surface area contributed by atoms with Gasteiger partial charge in [-0.15, -0.1) is 6.58 Å². The van der Waals surface area contributed by atoms with Gasteiger partial charge in [-0.05, 0) is 24.0 Å². The molecule has 90 valence electrons. The summed E-state index contributed by atoms with van der Waals surface area (Å²) in [6.45, 7) is 3.76. The van der Waals surface area contributed by atoms with Gasteiger partial charge in [0.05, 0.1) is 9.52 Å². The second kappa shape index (κ2) is 6.97. The Morgan fingerprint density at radius 1 is 0.889 bits per heavy atom. The zero-order valence-corrected chi connectivity index (χ0v) is 11.6. The summed E-state index contributed by atoms with van der Waals surface area (Å²) >= 11 is 0. The molecule has 0 fully saturated rings. The normalized spacial score (nSPS) is 10.2. The third-order valence-corrected chi connectivity index (χ3v) is 4.16. The van der Waals surface area contributed by atoms with Crippen LogP contribution in [0, 0.1) is 0 Å². The molecule has 2 aromatic rings. The third kappa shape index (κ3) is 4.01. The van der Waals surface area contributed by atoms with Crippen molar-refractivity contribution in [3.05, 3.63) is 78.4 Å². The zero-order chi connectivity index (χ0) is 12.6. The predicted octanol–water partition coefficient (Wildman–Crippen LogP) is 3.41. The van der Waals surface area contributed by atoms with Gasteiger partial charge in [0.25, 0.3) is 0 Å². The topological polar surface area (TPSA) is 0 Å². The van der Waals surface area contributed by atoms with E-state index in [1.807, 2.05) is 6.08 Å². The molecule has 0 saturated heterocycles. The quantitative estimate of drug-likeness (QED) is 0.544. The van der Waals surface area contributed by atoms with E-state index in [-0.39, 0.29) is 0 Å². The van der Waals surface area contributed by atoms with E-state index in [1.165, 1.54) is 28.8 Å². The summed E-state index contributed by atoms with van der Waals surface area (Å²) in [6, 6.07) is 20.9. The van der Waals surface area contributed by atoms with Crippen molar-refractivity contribution in [1.82, 2.24) is 0 Å². The van der Waals surface area contributed by atoms with Crippen LogP contribution in [-0.4, -0.2) is 9.52 Å². The molecule has 0 aliphatic heterocycles. The lowest BCUT2D eigenvalue weighted by atomic mass is 10.1. The summed E-state index contributed by atoms with van der Waals surface area (Å²) in [4.78, 5) is 0. The zero-order valence-electron chi connectivity index (χ0n) is 10.6. The second-order valence-electron chi connectivity index (χ2n) is 4.35. The number of hydrogen-bond acceptors (Lipinski definition) is 0. The summed E-state index contributed by atoms with van der Waals surface area (Å²) in [5.41, 5.74) is 2.79. The van der Waals surface area contributed by atoms with Crippen LogP contribution in [0.4, 0.5) is 0 Å². The SMILES string of the molecule is C=CCc1ccc([Si]CCc2ccccc2)cc1. The first kappa shape index (κ1) is 12.8. The second-order valence-corrected chi connectivity index (χ2v) is 5.78. The van der Waals surface area contributed by atoms with E-state index >= 15 is 0 Å². The molecule has 0 aromatic heterocycles. The molecular formula is C17H18Si. The molecule has 0 bridgehead atoms. The molecule has 0 atom stereocenters. The van der Waals surface area contributed by atoms with Crippen LogP contribution < -0.4 is 5.19 Å². The molecule has 2 rings (SSSR count). The maximum Gasteiger partial charge on any atom is 0.0811 e. The maximum absolute atomic E-state index is 3.76. The average Bonchev–Trinajstić information content (AvgIpc) is 2.42. The molecular weight excluding hydrogens is 232 g/mol. The highest BCUT2D eigenvalue weighted by atomic mass is 28.2. The van der Waals surface area contributed by atoms with E-state index < -0.39 is 0 Å². The lowest BCUT2D eigenvalue weighted by Gasteiger charge is -2.02. The highest BCUT2D eigenvalue weighted by molar-refractivity contribution is 6.53. The van der Waals surface area contributed by atoms with Crippen LogP contribution in [0.3, 0.4) is 0 Å². The molecule has 0 saturated carbocycles. The van der Waals surface area contributed by atoms with Gasteiger partial charge in [-0.3, -0.25) is 0 Å². The highest BCUT2D eigenvalue weighted by Gasteiger charge is 1.97. The van der Waals surface area contributed by atoms with Crippen molar-refractivity contribution in [2.24, 2.45) is 0 Å². The van der Waals surface area contributed by atoms with E-state index in [0.29, 0.717) is 0 Å². The van der Waals surface area contributed by atoms with Gasteiger partial charge >= 0.3 is 0 Å². The summed E-state index contributed by atoms with van der Waals surface area (Å²) in [5, 5.41) is 1.46. The Bertz CT molecular complexity index is 471. The molecule has 0 heterocycles. The number of hydrogen-bond donors (Lipinski definition) is 0. The van der Waals surface area contributed by atoms with Crippen LogP contribution >= 0.6 is 0 Å². The van der Waals surface area contributed by atoms with Gasteiger partial charge in [-0.1, -0.05) is 71.9 Å². The summed E-state index contributed by atoms with van der Waals surface area (Å²) in [6.07, 6.45) is 4.09. The fraction of sp³-hybridized carbons (Fsp3) is 0.176. The van der Waals surface area contributed by atoms with Gasteiger partial charge in [-0.2, -0.15) is 0 Å². The van der Waals surface area contributed by atoms with E-state index in [1.54, 1.807) is 0 Å². The predicted molar refractivity (Wildman–Crippen MR) is 80.7 cm³/mol.